The Kier molecular flexibility index (Phi) is 7.95. The lowest BCUT2D eigenvalue weighted by Crippen LogP contribution is -2.25. The van der Waals surface area contributed by atoms with Gasteiger partial charge in [-0.2, -0.15) is 0 Å². The van der Waals surface area contributed by atoms with Gasteiger partial charge < -0.3 is 24.5 Å². The van der Waals surface area contributed by atoms with Gasteiger partial charge in [0.1, 0.15) is 5.75 Å². The van der Waals surface area contributed by atoms with Gasteiger partial charge in [0, 0.05) is 24.9 Å². The number of esters is 1. The summed E-state index contributed by atoms with van der Waals surface area (Å²) >= 11 is 0. The second-order valence-electron chi connectivity index (χ2n) is 7.32. The van der Waals surface area contributed by atoms with Crippen LogP contribution in [0.15, 0.2) is 60.8 Å². The fourth-order valence-corrected chi connectivity index (χ4v) is 3.70. The number of hydrogen-bond donors (Lipinski definition) is 2. The Morgan fingerprint density at radius 3 is 2.50 bits per heavy atom. The van der Waals surface area contributed by atoms with Crippen LogP contribution in [0.2, 0.25) is 0 Å². The highest BCUT2D eigenvalue weighted by Crippen LogP contribution is 2.37. The molecule has 0 fully saturated rings. The van der Waals surface area contributed by atoms with E-state index < -0.39 is 12.3 Å². The topological polar surface area (TPSA) is 89.8 Å². The van der Waals surface area contributed by atoms with Crippen LogP contribution >= 0.6 is 0 Å². The smallest absolute Gasteiger partial charge is 0.465 e. The van der Waals surface area contributed by atoms with Crippen molar-refractivity contribution in [2.24, 2.45) is 0 Å². The van der Waals surface area contributed by atoms with Gasteiger partial charge in [0.25, 0.3) is 0 Å². The Morgan fingerprint density at radius 1 is 1.15 bits per heavy atom. The van der Waals surface area contributed by atoms with Gasteiger partial charge in [-0.3, -0.25) is 4.79 Å². The van der Waals surface area contributed by atoms with Gasteiger partial charge in [0.2, 0.25) is 6.41 Å². The summed E-state index contributed by atoms with van der Waals surface area (Å²) in [5, 5.41) is 12.2. The molecule has 0 aliphatic carbocycles. The van der Waals surface area contributed by atoms with Crippen LogP contribution in [0.5, 0.6) is 5.75 Å². The van der Waals surface area contributed by atoms with E-state index in [0.29, 0.717) is 40.8 Å². The minimum Gasteiger partial charge on any atom is -0.465 e. The summed E-state index contributed by atoms with van der Waals surface area (Å²) in [6, 6.07) is 13.5. The number of nitrogens with zero attached hydrogens (tertiary/aromatic N) is 1. The summed E-state index contributed by atoms with van der Waals surface area (Å²) in [5.74, 6) is -0.869. The summed E-state index contributed by atoms with van der Waals surface area (Å²) in [6.45, 7) is 0.0803. The molecule has 0 saturated carbocycles. The predicted octanol–water partition coefficient (Wildman–Crippen LogP) is 4.18. The Hall–Kier alpha value is -3.79. The normalized spacial score (nSPS) is 12.1. The molecule has 1 unspecified atom stereocenters. The van der Waals surface area contributed by atoms with Gasteiger partial charge >= 0.3 is 12.3 Å². The molecule has 0 radical (unpaired) electrons. The van der Waals surface area contributed by atoms with E-state index in [0.717, 1.165) is 0 Å². The summed E-state index contributed by atoms with van der Waals surface area (Å²) in [7, 11) is 1.27. The summed E-state index contributed by atoms with van der Waals surface area (Å²) in [5.41, 5.74) is 2.71. The molecule has 3 aromatic rings. The van der Waals surface area contributed by atoms with E-state index in [9.17, 15) is 27.9 Å². The summed E-state index contributed by atoms with van der Waals surface area (Å²) < 4.78 is 48.9. The van der Waals surface area contributed by atoms with E-state index in [4.69, 9.17) is 4.74 Å². The molecule has 10 heteroatoms. The summed E-state index contributed by atoms with van der Waals surface area (Å²) in [4.78, 5) is 22.7. The minimum absolute atomic E-state index is 0.145. The number of methoxy groups -OCH3 is 1. The highest BCUT2D eigenvalue weighted by molar-refractivity contribution is 5.90. The zero-order valence-electron chi connectivity index (χ0n) is 18.2. The Morgan fingerprint density at radius 2 is 1.88 bits per heavy atom. The molecule has 0 saturated heterocycles. The predicted molar refractivity (Wildman–Crippen MR) is 118 cm³/mol. The van der Waals surface area contributed by atoms with E-state index in [1.165, 1.54) is 25.3 Å². The van der Waals surface area contributed by atoms with Crippen LogP contribution in [0.3, 0.4) is 0 Å². The van der Waals surface area contributed by atoms with Gasteiger partial charge in [-0.05, 0) is 47.9 Å². The average molecular weight is 476 g/mol. The third-order valence-electron chi connectivity index (χ3n) is 5.17. The van der Waals surface area contributed by atoms with E-state index in [1.54, 1.807) is 42.6 Å². The number of aliphatic hydroxyl groups is 1. The van der Waals surface area contributed by atoms with Crippen molar-refractivity contribution >= 4 is 12.4 Å². The van der Waals surface area contributed by atoms with E-state index in [2.05, 4.69) is 10.1 Å². The van der Waals surface area contributed by atoms with Crippen molar-refractivity contribution in [3.05, 3.63) is 66.4 Å². The molecule has 1 aromatic heterocycles. The van der Waals surface area contributed by atoms with E-state index in [1.807, 2.05) is 4.57 Å². The number of ether oxygens (including phenoxy) is 2. The second-order valence-corrected chi connectivity index (χ2v) is 7.32. The molecule has 2 N–H and O–H groups in total. The van der Waals surface area contributed by atoms with Gasteiger partial charge in [-0.15, -0.1) is 13.2 Å². The first-order valence-corrected chi connectivity index (χ1v) is 10.3. The monoisotopic (exact) mass is 476 g/mol. The van der Waals surface area contributed by atoms with Gasteiger partial charge in [-0.25, -0.2) is 4.79 Å². The molecule has 7 nitrogen and oxygen atoms in total. The number of carbonyl (C=O) groups excluding carboxylic acids is 2. The maximum Gasteiger partial charge on any atom is 0.573 e. The van der Waals surface area contributed by atoms with Gasteiger partial charge in [0.15, 0.2) is 0 Å². The number of hydrogen-bond acceptors (Lipinski definition) is 5. The molecule has 0 aliphatic rings. The molecule has 1 atom stereocenters. The first-order valence-electron chi connectivity index (χ1n) is 10.3. The molecular weight excluding hydrogens is 453 g/mol. The number of carbonyl (C=O) groups is 2. The Balaban J connectivity index is 2.14. The highest BCUT2D eigenvalue weighted by atomic mass is 19.4. The fourth-order valence-electron chi connectivity index (χ4n) is 3.70. The van der Waals surface area contributed by atoms with Crippen LogP contribution in [-0.4, -0.2) is 48.7 Å². The third kappa shape index (κ3) is 5.96. The number of rotatable bonds is 10. The van der Waals surface area contributed by atoms with Crippen LogP contribution in [0.1, 0.15) is 22.8 Å². The molecule has 1 heterocycles. The maximum absolute atomic E-state index is 12.7. The van der Waals surface area contributed by atoms with Crippen molar-refractivity contribution in [1.82, 2.24) is 9.88 Å². The average Bonchev–Trinajstić information content (AvgIpc) is 3.25. The fraction of sp³-hybridized carbons (Fsp3) is 0.250. The standard InChI is InChI=1S/C24H23F3N2O5/c1-33-23(32)17-7-5-16(6-8-17)22-21(9-11-29(22)19(10-12-30)14-28-15-31)18-3-2-4-20(13-18)34-24(25,26)27/h2-9,11,13,15,19,30H,10,12,14H2,1H3,(H,28,31). The van der Waals surface area contributed by atoms with Gasteiger partial charge in [0.05, 0.1) is 24.4 Å². The van der Waals surface area contributed by atoms with Crippen LogP contribution in [0, 0.1) is 0 Å². The molecule has 0 spiro atoms. The lowest BCUT2D eigenvalue weighted by atomic mass is 9.99. The molecule has 34 heavy (non-hydrogen) atoms. The molecule has 180 valence electrons. The van der Waals surface area contributed by atoms with Crippen LogP contribution in [-0.2, 0) is 9.53 Å². The quantitative estimate of drug-likeness (QED) is 0.339. The molecule has 2 aromatic carbocycles. The zero-order valence-corrected chi connectivity index (χ0v) is 18.2. The second kappa shape index (κ2) is 10.9. The van der Waals surface area contributed by atoms with Crippen LogP contribution in [0.4, 0.5) is 13.2 Å². The number of nitrogens with one attached hydrogen (secondary N) is 1. The van der Waals surface area contributed by atoms with E-state index in [-0.39, 0.29) is 24.9 Å². The lowest BCUT2D eigenvalue weighted by molar-refractivity contribution is -0.274. The number of alkyl halides is 3. The number of amides is 1. The van der Waals surface area contributed by atoms with Crippen molar-refractivity contribution < 1.29 is 37.3 Å². The van der Waals surface area contributed by atoms with E-state index >= 15 is 0 Å². The third-order valence-corrected chi connectivity index (χ3v) is 5.17. The SMILES string of the molecule is COC(=O)c1ccc(-c2c(-c3cccc(OC(F)(F)F)c3)ccn2C(CCO)CNC=O)cc1. The minimum atomic E-state index is -4.83. The van der Waals surface area contributed by atoms with Crippen LogP contribution < -0.4 is 10.1 Å². The van der Waals surface area contributed by atoms with Crippen molar-refractivity contribution in [1.29, 1.82) is 0 Å². The zero-order chi connectivity index (χ0) is 24.7. The number of benzene rings is 2. The number of aliphatic hydroxyl groups excluding tert-OH is 1. The van der Waals surface area contributed by atoms with Crippen LogP contribution in [0.25, 0.3) is 22.4 Å². The van der Waals surface area contributed by atoms with Gasteiger partial charge in [-0.1, -0.05) is 24.3 Å². The number of aromatic nitrogens is 1. The molecule has 0 bridgehead atoms. The first kappa shape index (κ1) is 24.8. The number of halogens is 3. The Labute approximate surface area is 193 Å². The van der Waals surface area contributed by atoms with Crippen molar-refractivity contribution in [3.63, 3.8) is 0 Å². The molecule has 1 amide bonds. The molecular formula is C24H23F3N2O5. The molecule has 3 rings (SSSR count). The summed E-state index contributed by atoms with van der Waals surface area (Å²) in [6.07, 6.45) is -2.22. The van der Waals surface area contributed by atoms with Crippen molar-refractivity contribution in [3.8, 4) is 28.1 Å². The molecule has 0 aliphatic heterocycles. The lowest BCUT2D eigenvalue weighted by Gasteiger charge is -2.22. The highest BCUT2D eigenvalue weighted by Gasteiger charge is 2.31. The largest absolute Gasteiger partial charge is 0.573 e. The maximum atomic E-state index is 12.7. The van der Waals surface area contributed by atoms with Crippen molar-refractivity contribution in [2.75, 3.05) is 20.3 Å². The van der Waals surface area contributed by atoms with Crippen molar-refractivity contribution in [2.45, 2.75) is 18.8 Å². The first-order chi connectivity index (χ1) is 16.3. The Bertz CT molecular complexity index is 1130.